The van der Waals surface area contributed by atoms with Crippen LogP contribution in [0.2, 0.25) is 0 Å². The first kappa shape index (κ1) is 14.2. The molecule has 96 valence electrons. The van der Waals surface area contributed by atoms with Crippen molar-refractivity contribution in [2.45, 2.75) is 52.6 Å². The molecule has 0 radical (unpaired) electrons. The normalized spacial score (nSPS) is 14.9. The van der Waals surface area contributed by atoms with Crippen LogP contribution in [0.25, 0.3) is 0 Å². The highest BCUT2D eigenvalue weighted by Crippen LogP contribution is 2.08. The first-order valence-corrected chi connectivity index (χ1v) is 6.48. The van der Waals surface area contributed by atoms with Crippen LogP contribution in [0, 0.1) is 11.7 Å². The average Bonchev–Trinajstić information content (AvgIpc) is 2.19. The molecule has 0 saturated heterocycles. The van der Waals surface area contributed by atoms with E-state index in [0.29, 0.717) is 12.1 Å². The van der Waals surface area contributed by atoms with Gasteiger partial charge in [-0.05, 0) is 50.3 Å². The molecule has 1 nitrogen and oxygen atoms in total. The molecule has 0 aliphatic carbocycles. The summed E-state index contributed by atoms with van der Waals surface area (Å²) in [6.45, 7) is 8.88. The van der Waals surface area contributed by atoms with Crippen LogP contribution < -0.4 is 5.32 Å². The van der Waals surface area contributed by atoms with Crippen molar-refractivity contribution in [3.63, 3.8) is 0 Å². The molecule has 0 aromatic heterocycles. The first-order valence-electron chi connectivity index (χ1n) is 6.48. The van der Waals surface area contributed by atoms with Crippen molar-refractivity contribution in [2.24, 2.45) is 5.92 Å². The van der Waals surface area contributed by atoms with Crippen LogP contribution in [-0.4, -0.2) is 12.1 Å². The van der Waals surface area contributed by atoms with Crippen molar-refractivity contribution in [3.05, 3.63) is 35.6 Å². The number of benzene rings is 1. The molecule has 0 aliphatic rings. The predicted molar refractivity (Wildman–Crippen MR) is 71.6 cm³/mol. The molecule has 1 N–H and O–H groups in total. The highest BCUT2D eigenvalue weighted by atomic mass is 19.1. The van der Waals surface area contributed by atoms with Crippen LogP contribution in [-0.2, 0) is 6.42 Å². The zero-order valence-electron chi connectivity index (χ0n) is 11.3. The fourth-order valence-corrected chi connectivity index (χ4v) is 2.29. The van der Waals surface area contributed by atoms with E-state index in [1.54, 1.807) is 0 Å². The van der Waals surface area contributed by atoms with Crippen molar-refractivity contribution >= 4 is 0 Å². The summed E-state index contributed by atoms with van der Waals surface area (Å²) >= 11 is 0. The Bertz CT molecular complexity index is 318. The molecule has 0 heterocycles. The molecular formula is C15H24FN. The fraction of sp³-hybridized carbons (Fsp3) is 0.600. The van der Waals surface area contributed by atoms with Gasteiger partial charge in [0.05, 0.1) is 0 Å². The number of rotatable bonds is 6. The van der Waals surface area contributed by atoms with Crippen molar-refractivity contribution in [2.75, 3.05) is 0 Å². The topological polar surface area (TPSA) is 12.0 Å². The average molecular weight is 237 g/mol. The lowest BCUT2D eigenvalue weighted by molar-refractivity contribution is 0.400. The zero-order chi connectivity index (χ0) is 12.8. The summed E-state index contributed by atoms with van der Waals surface area (Å²) in [5.74, 6) is 0.554. The summed E-state index contributed by atoms with van der Waals surface area (Å²) in [7, 11) is 0. The molecule has 2 unspecified atom stereocenters. The molecule has 0 saturated carbocycles. The Morgan fingerprint density at radius 3 is 2.12 bits per heavy atom. The molecule has 17 heavy (non-hydrogen) atoms. The van der Waals surface area contributed by atoms with Crippen LogP contribution in [0.5, 0.6) is 0 Å². The van der Waals surface area contributed by atoms with Gasteiger partial charge in [0.1, 0.15) is 5.82 Å². The minimum atomic E-state index is -0.164. The monoisotopic (exact) mass is 237 g/mol. The summed E-state index contributed by atoms with van der Waals surface area (Å²) in [6.07, 6.45) is 2.14. The molecule has 0 spiro atoms. The van der Waals surface area contributed by atoms with Crippen LogP contribution in [0.1, 0.15) is 39.7 Å². The highest BCUT2D eigenvalue weighted by Gasteiger charge is 2.09. The molecule has 0 fully saturated rings. The Kier molecular flexibility index (Phi) is 5.63. The van der Waals surface area contributed by atoms with Gasteiger partial charge in [0.15, 0.2) is 0 Å². The molecule has 0 amide bonds. The molecule has 0 bridgehead atoms. The van der Waals surface area contributed by atoms with Gasteiger partial charge in [-0.15, -0.1) is 0 Å². The SMILES string of the molecule is CC(C)CC(C)NC(C)Cc1ccc(F)cc1. The van der Waals surface area contributed by atoms with Gasteiger partial charge in [0, 0.05) is 12.1 Å². The van der Waals surface area contributed by atoms with Gasteiger partial charge < -0.3 is 5.32 Å². The van der Waals surface area contributed by atoms with E-state index in [4.69, 9.17) is 0 Å². The van der Waals surface area contributed by atoms with Gasteiger partial charge in [-0.2, -0.15) is 0 Å². The molecular weight excluding hydrogens is 213 g/mol. The molecule has 1 aromatic rings. The largest absolute Gasteiger partial charge is 0.311 e. The maximum atomic E-state index is 12.8. The second kappa shape index (κ2) is 6.75. The van der Waals surface area contributed by atoms with Crippen molar-refractivity contribution < 1.29 is 4.39 Å². The van der Waals surface area contributed by atoms with E-state index in [0.717, 1.165) is 12.3 Å². The minimum Gasteiger partial charge on any atom is -0.311 e. The summed E-state index contributed by atoms with van der Waals surface area (Å²) in [6, 6.07) is 7.74. The maximum absolute atomic E-state index is 12.8. The van der Waals surface area contributed by atoms with Crippen LogP contribution >= 0.6 is 0 Å². The van der Waals surface area contributed by atoms with E-state index in [1.165, 1.54) is 24.1 Å². The van der Waals surface area contributed by atoms with Crippen molar-refractivity contribution in [1.29, 1.82) is 0 Å². The number of hydrogen-bond acceptors (Lipinski definition) is 1. The van der Waals surface area contributed by atoms with Gasteiger partial charge in [-0.3, -0.25) is 0 Å². The summed E-state index contributed by atoms with van der Waals surface area (Å²) < 4.78 is 12.8. The van der Waals surface area contributed by atoms with Crippen LogP contribution in [0.15, 0.2) is 24.3 Å². The molecule has 2 heteroatoms. The zero-order valence-corrected chi connectivity index (χ0v) is 11.3. The van der Waals surface area contributed by atoms with Crippen LogP contribution in [0.3, 0.4) is 0 Å². The van der Waals surface area contributed by atoms with E-state index >= 15 is 0 Å². The van der Waals surface area contributed by atoms with E-state index in [9.17, 15) is 4.39 Å². The lowest BCUT2D eigenvalue weighted by Gasteiger charge is -2.21. The minimum absolute atomic E-state index is 0.164. The third-order valence-electron chi connectivity index (χ3n) is 2.85. The fourth-order valence-electron chi connectivity index (χ4n) is 2.29. The van der Waals surface area contributed by atoms with Gasteiger partial charge in [0.2, 0.25) is 0 Å². The standard InChI is InChI=1S/C15H24FN/c1-11(2)9-12(3)17-13(4)10-14-5-7-15(16)8-6-14/h5-8,11-13,17H,9-10H2,1-4H3. The number of nitrogens with one attached hydrogen (secondary N) is 1. The Morgan fingerprint density at radius 2 is 1.59 bits per heavy atom. The number of halogens is 1. The maximum Gasteiger partial charge on any atom is 0.123 e. The van der Waals surface area contributed by atoms with Crippen molar-refractivity contribution in [3.8, 4) is 0 Å². The smallest absolute Gasteiger partial charge is 0.123 e. The number of hydrogen-bond donors (Lipinski definition) is 1. The van der Waals surface area contributed by atoms with E-state index in [1.807, 2.05) is 12.1 Å². The quantitative estimate of drug-likeness (QED) is 0.794. The second-order valence-corrected chi connectivity index (χ2v) is 5.43. The van der Waals surface area contributed by atoms with Crippen LogP contribution in [0.4, 0.5) is 4.39 Å². The van der Waals surface area contributed by atoms with Gasteiger partial charge in [-0.25, -0.2) is 4.39 Å². The lowest BCUT2D eigenvalue weighted by atomic mass is 10.0. The third kappa shape index (κ3) is 5.83. The highest BCUT2D eigenvalue weighted by molar-refractivity contribution is 5.17. The molecule has 2 atom stereocenters. The molecule has 1 aromatic carbocycles. The van der Waals surface area contributed by atoms with E-state index in [-0.39, 0.29) is 5.82 Å². The van der Waals surface area contributed by atoms with Crippen molar-refractivity contribution in [1.82, 2.24) is 5.32 Å². The predicted octanol–water partition coefficient (Wildman–Crippen LogP) is 3.78. The Balaban J connectivity index is 2.38. The lowest BCUT2D eigenvalue weighted by Crippen LogP contribution is -2.36. The summed E-state index contributed by atoms with van der Waals surface area (Å²) in [4.78, 5) is 0. The van der Waals surface area contributed by atoms with Gasteiger partial charge in [0.25, 0.3) is 0 Å². The molecule has 1 rings (SSSR count). The Morgan fingerprint density at radius 1 is 1.00 bits per heavy atom. The second-order valence-electron chi connectivity index (χ2n) is 5.43. The Hall–Kier alpha value is -0.890. The van der Waals surface area contributed by atoms with E-state index < -0.39 is 0 Å². The third-order valence-corrected chi connectivity index (χ3v) is 2.85. The summed E-state index contributed by atoms with van der Waals surface area (Å²) in [5, 5.41) is 3.58. The first-order chi connectivity index (χ1) is 7.97. The van der Waals surface area contributed by atoms with Gasteiger partial charge >= 0.3 is 0 Å². The van der Waals surface area contributed by atoms with E-state index in [2.05, 4.69) is 33.0 Å². The summed E-state index contributed by atoms with van der Waals surface area (Å²) in [5.41, 5.74) is 1.18. The molecule has 0 aliphatic heterocycles. The van der Waals surface area contributed by atoms with Gasteiger partial charge in [-0.1, -0.05) is 26.0 Å². The Labute approximate surface area is 104 Å².